The standard InChI is InChI=1S/C19H31N3O12/c1-3-11(24)22(8(2)17(30)21-9(19(31)32)4-5-12(25)26)18-14(20)16(33-7-13(27)28)15(29)10(6-23)34-18/h8-10,14-16,18,23,29H,3-7,20H2,1-2H3,(H,21,30)(H,25,26)(H,27,28)(H,31,32)/t8-,9+,10+,14+,15+,16+,18?/m0/s1. The minimum Gasteiger partial charge on any atom is -0.481 e. The number of hydrogen-bond acceptors (Lipinski definition) is 10. The van der Waals surface area contributed by atoms with Gasteiger partial charge in [-0.05, 0) is 13.3 Å². The minimum atomic E-state index is -1.55. The van der Waals surface area contributed by atoms with Crippen LogP contribution in [0.3, 0.4) is 0 Å². The number of nitrogens with one attached hydrogen (secondary N) is 1. The van der Waals surface area contributed by atoms with E-state index in [0.29, 0.717) is 0 Å². The number of ether oxygens (including phenoxy) is 2. The molecule has 1 rings (SSSR count). The van der Waals surface area contributed by atoms with Gasteiger partial charge in [-0.2, -0.15) is 0 Å². The molecule has 0 aromatic heterocycles. The first kappa shape index (κ1) is 29.2. The van der Waals surface area contributed by atoms with Gasteiger partial charge in [-0.15, -0.1) is 0 Å². The first-order valence-corrected chi connectivity index (χ1v) is 10.4. The summed E-state index contributed by atoms with van der Waals surface area (Å²) in [5, 5.41) is 49.0. The van der Waals surface area contributed by atoms with Crippen molar-refractivity contribution in [2.24, 2.45) is 5.73 Å². The Morgan fingerprint density at radius 1 is 1.15 bits per heavy atom. The van der Waals surface area contributed by atoms with E-state index < -0.39 is 98.4 Å². The van der Waals surface area contributed by atoms with E-state index in [1.807, 2.05) is 0 Å². The van der Waals surface area contributed by atoms with E-state index in [1.54, 1.807) is 0 Å². The highest BCUT2D eigenvalue weighted by molar-refractivity contribution is 5.90. The summed E-state index contributed by atoms with van der Waals surface area (Å²) >= 11 is 0. The van der Waals surface area contributed by atoms with Crippen molar-refractivity contribution in [3.8, 4) is 0 Å². The summed E-state index contributed by atoms with van der Waals surface area (Å²) in [6.45, 7) is 1.13. The van der Waals surface area contributed by atoms with Gasteiger partial charge in [0.2, 0.25) is 11.8 Å². The van der Waals surface area contributed by atoms with Crippen LogP contribution in [0.25, 0.3) is 0 Å². The number of aliphatic hydroxyl groups excluding tert-OH is 2. The number of rotatable bonds is 13. The molecule has 34 heavy (non-hydrogen) atoms. The zero-order chi connectivity index (χ0) is 26.2. The number of carbonyl (C=O) groups excluding carboxylic acids is 2. The average Bonchev–Trinajstić information content (AvgIpc) is 2.76. The van der Waals surface area contributed by atoms with Crippen LogP contribution in [0.5, 0.6) is 0 Å². The number of aliphatic hydroxyl groups is 2. The largest absolute Gasteiger partial charge is 0.481 e. The van der Waals surface area contributed by atoms with Gasteiger partial charge in [-0.3, -0.25) is 14.4 Å². The fourth-order valence-corrected chi connectivity index (χ4v) is 3.44. The molecule has 1 heterocycles. The van der Waals surface area contributed by atoms with Gasteiger partial charge in [0.15, 0.2) is 6.23 Å². The van der Waals surface area contributed by atoms with Crippen LogP contribution in [0.15, 0.2) is 0 Å². The molecule has 0 radical (unpaired) electrons. The van der Waals surface area contributed by atoms with Crippen LogP contribution in [0.4, 0.5) is 0 Å². The van der Waals surface area contributed by atoms with E-state index in [1.165, 1.54) is 13.8 Å². The van der Waals surface area contributed by atoms with Gasteiger partial charge in [0, 0.05) is 12.8 Å². The van der Waals surface area contributed by atoms with E-state index in [-0.39, 0.29) is 6.42 Å². The lowest BCUT2D eigenvalue weighted by Gasteiger charge is -2.47. The Balaban J connectivity index is 3.20. The van der Waals surface area contributed by atoms with Crippen molar-refractivity contribution in [3.63, 3.8) is 0 Å². The van der Waals surface area contributed by atoms with Crippen molar-refractivity contribution in [2.45, 2.75) is 75.8 Å². The van der Waals surface area contributed by atoms with Crippen molar-refractivity contribution in [1.29, 1.82) is 0 Å². The number of hydrogen-bond donors (Lipinski definition) is 7. The molecule has 1 aliphatic rings. The molecule has 2 amide bonds. The fraction of sp³-hybridized carbons (Fsp3) is 0.737. The Labute approximate surface area is 194 Å². The van der Waals surface area contributed by atoms with E-state index >= 15 is 0 Å². The zero-order valence-electron chi connectivity index (χ0n) is 18.7. The Bertz CT molecular complexity index is 763. The van der Waals surface area contributed by atoms with Crippen molar-refractivity contribution in [1.82, 2.24) is 10.2 Å². The van der Waals surface area contributed by atoms with Crippen molar-refractivity contribution < 1.29 is 59.0 Å². The number of carboxylic acid groups (broad SMARTS) is 3. The van der Waals surface area contributed by atoms with Crippen molar-refractivity contribution in [3.05, 3.63) is 0 Å². The molecule has 7 atom stereocenters. The van der Waals surface area contributed by atoms with Crippen LogP contribution in [0, 0.1) is 0 Å². The Hall–Kier alpha value is -2.85. The van der Waals surface area contributed by atoms with Gasteiger partial charge in [-0.25, -0.2) is 9.59 Å². The summed E-state index contributed by atoms with van der Waals surface area (Å²) in [6, 6.07) is -4.29. The third kappa shape index (κ3) is 7.59. The number of carboxylic acids is 3. The highest BCUT2D eigenvalue weighted by atomic mass is 16.6. The first-order valence-electron chi connectivity index (χ1n) is 10.4. The molecule has 15 nitrogen and oxygen atoms in total. The monoisotopic (exact) mass is 493 g/mol. The minimum absolute atomic E-state index is 0.140. The zero-order valence-corrected chi connectivity index (χ0v) is 18.7. The number of nitrogens with two attached hydrogens (primary N) is 1. The highest BCUT2D eigenvalue weighted by Gasteiger charge is 2.49. The van der Waals surface area contributed by atoms with E-state index in [2.05, 4.69) is 5.32 Å². The van der Waals surface area contributed by atoms with Crippen LogP contribution < -0.4 is 11.1 Å². The van der Waals surface area contributed by atoms with Gasteiger partial charge in [0.25, 0.3) is 0 Å². The Morgan fingerprint density at radius 2 is 1.76 bits per heavy atom. The molecule has 0 saturated carbocycles. The van der Waals surface area contributed by atoms with Crippen LogP contribution in [-0.2, 0) is 33.4 Å². The molecule has 1 fully saturated rings. The van der Waals surface area contributed by atoms with Gasteiger partial charge in [-0.1, -0.05) is 6.92 Å². The lowest BCUT2D eigenvalue weighted by Crippen LogP contribution is -2.70. The van der Waals surface area contributed by atoms with Crippen molar-refractivity contribution >= 4 is 29.7 Å². The maximum Gasteiger partial charge on any atom is 0.329 e. The molecule has 15 heteroatoms. The Kier molecular flexibility index (Phi) is 11.3. The first-order chi connectivity index (χ1) is 15.8. The fourth-order valence-electron chi connectivity index (χ4n) is 3.44. The van der Waals surface area contributed by atoms with Gasteiger partial charge >= 0.3 is 17.9 Å². The summed E-state index contributed by atoms with van der Waals surface area (Å²) in [5.74, 6) is -5.72. The molecule has 1 aliphatic heterocycles. The predicted molar refractivity (Wildman–Crippen MR) is 110 cm³/mol. The van der Waals surface area contributed by atoms with Gasteiger partial charge < -0.3 is 51.0 Å². The Morgan fingerprint density at radius 3 is 2.24 bits per heavy atom. The summed E-state index contributed by atoms with van der Waals surface area (Å²) < 4.78 is 10.7. The molecule has 1 saturated heterocycles. The normalized spacial score (nSPS) is 26.2. The third-order valence-electron chi connectivity index (χ3n) is 5.24. The lowest BCUT2D eigenvalue weighted by atomic mass is 9.95. The molecule has 0 aromatic rings. The second kappa shape index (κ2) is 13.1. The molecular formula is C19H31N3O12. The molecule has 0 bridgehead atoms. The van der Waals surface area contributed by atoms with Crippen LogP contribution in [0.1, 0.15) is 33.1 Å². The molecule has 0 spiro atoms. The molecule has 0 aromatic carbocycles. The van der Waals surface area contributed by atoms with E-state index in [0.717, 1.165) is 4.90 Å². The summed E-state index contributed by atoms with van der Waals surface area (Å²) in [6.07, 6.45) is -6.82. The van der Waals surface area contributed by atoms with Crippen LogP contribution in [0.2, 0.25) is 0 Å². The highest BCUT2D eigenvalue weighted by Crippen LogP contribution is 2.26. The third-order valence-corrected chi connectivity index (χ3v) is 5.24. The lowest BCUT2D eigenvalue weighted by molar-refractivity contribution is -0.239. The summed E-state index contributed by atoms with van der Waals surface area (Å²) in [4.78, 5) is 59.5. The average molecular weight is 493 g/mol. The molecule has 194 valence electrons. The summed E-state index contributed by atoms with van der Waals surface area (Å²) in [7, 11) is 0. The predicted octanol–water partition coefficient (Wildman–Crippen LogP) is -3.08. The van der Waals surface area contributed by atoms with E-state index in [4.69, 9.17) is 25.4 Å². The maximum absolute atomic E-state index is 12.8. The molecule has 0 aliphatic carbocycles. The quantitative estimate of drug-likeness (QED) is 0.135. The van der Waals surface area contributed by atoms with E-state index in [9.17, 15) is 39.3 Å². The van der Waals surface area contributed by atoms with Gasteiger partial charge in [0.1, 0.15) is 37.0 Å². The molecule has 1 unspecified atom stereocenters. The molecular weight excluding hydrogens is 462 g/mol. The number of carbonyl (C=O) groups is 5. The second-order valence-corrected chi connectivity index (χ2v) is 7.65. The number of aliphatic carboxylic acids is 3. The SMILES string of the molecule is CCC(=O)N(C1O[C@H](CO)[C@@H](O)[C@H](OCC(=O)O)[C@H]1N)[C@@H](C)C(=O)N[C@H](CCC(=O)O)C(=O)O. The second-order valence-electron chi connectivity index (χ2n) is 7.65. The smallest absolute Gasteiger partial charge is 0.329 e. The number of nitrogens with zero attached hydrogens (tertiary/aromatic N) is 1. The van der Waals surface area contributed by atoms with Crippen LogP contribution in [-0.4, -0.2) is 116 Å². The van der Waals surface area contributed by atoms with Gasteiger partial charge in [0.05, 0.1) is 12.6 Å². The van der Waals surface area contributed by atoms with Crippen molar-refractivity contribution in [2.75, 3.05) is 13.2 Å². The number of amides is 2. The maximum atomic E-state index is 12.8. The summed E-state index contributed by atoms with van der Waals surface area (Å²) in [5.41, 5.74) is 6.11. The van der Waals surface area contributed by atoms with Crippen LogP contribution >= 0.6 is 0 Å². The molecule has 8 N–H and O–H groups in total. The topological polar surface area (TPSA) is 246 Å².